The molecule has 1 aliphatic carbocycles. The maximum absolute atomic E-state index is 11.9. The van der Waals surface area contributed by atoms with Crippen molar-refractivity contribution < 1.29 is 9.21 Å². The van der Waals surface area contributed by atoms with Crippen molar-refractivity contribution in [3.05, 3.63) is 24.2 Å². The summed E-state index contributed by atoms with van der Waals surface area (Å²) in [6.45, 7) is 0.608. The van der Waals surface area contributed by atoms with E-state index in [2.05, 4.69) is 0 Å². The molecule has 1 saturated carbocycles. The first-order valence-electron chi connectivity index (χ1n) is 5.10. The molecule has 0 aromatic carbocycles. The predicted octanol–water partition coefficient (Wildman–Crippen LogP) is 1.84. The summed E-state index contributed by atoms with van der Waals surface area (Å²) in [7, 11) is 0. The number of carbonyl (C=O) groups excluding carboxylic acids is 1. The molecular weight excluding hydrogens is 178 g/mol. The van der Waals surface area contributed by atoms with Gasteiger partial charge in [0.2, 0.25) is 5.78 Å². The van der Waals surface area contributed by atoms with Crippen LogP contribution in [-0.2, 0) is 0 Å². The molecule has 2 unspecified atom stereocenters. The fourth-order valence-electron chi connectivity index (χ4n) is 2.27. The topological polar surface area (TPSA) is 56.2 Å². The largest absolute Gasteiger partial charge is 0.461 e. The maximum atomic E-state index is 11.9. The zero-order valence-corrected chi connectivity index (χ0v) is 8.11. The molecule has 3 heteroatoms. The lowest BCUT2D eigenvalue weighted by atomic mass is 9.91. The standard InChI is InChI=1S/C11H15NO2/c12-7-8-3-1-4-9(8)11(13)10-5-2-6-14-10/h2,5-6,8-9H,1,3-4,7,12H2. The summed E-state index contributed by atoms with van der Waals surface area (Å²) in [5.74, 6) is 1.05. The first kappa shape index (κ1) is 9.46. The zero-order chi connectivity index (χ0) is 9.97. The van der Waals surface area contributed by atoms with Crippen molar-refractivity contribution in [1.82, 2.24) is 0 Å². The fraction of sp³-hybridized carbons (Fsp3) is 0.545. The molecule has 14 heavy (non-hydrogen) atoms. The molecule has 1 aromatic rings. The Bertz CT molecular complexity index is 305. The van der Waals surface area contributed by atoms with Crippen LogP contribution in [0.5, 0.6) is 0 Å². The number of furan rings is 1. The van der Waals surface area contributed by atoms with E-state index >= 15 is 0 Å². The van der Waals surface area contributed by atoms with E-state index in [1.165, 1.54) is 0 Å². The second kappa shape index (κ2) is 3.96. The first-order chi connectivity index (χ1) is 6.83. The third-order valence-corrected chi connectivity index (χ3v) is 3.06. The van der Waals surface area contributed by atoms with E-state index in [1.54, 1.807) is 18.4 Å². The van der Waals surface area contributed by atoms with Crippen LogP contribution in [0, 0.1) is 11.8 Å². The predicted molar refractivity (Wildman–Crippen MR) is 52.9 cm³/mol. The van der Waals surface area contributed by atoms with Gasteiger partial charge in [0.05, 0.1) is 6.26 Å². The van der Waals surface area contributed by atoms with Crippen LogP contribution >= 0.6 is 0 Å². The molecule has 2 rings (SSSR count). The molecule has 2 atom stereocenters. The Morgan fingerprint density at radius 2 is 2.43 bits per heavy atom. The quantitative estimate of drug-likeness (QED) is 0.745. The van der Waals surface area contributed by atoms with E-state index in [1.807, 2.05) is 0 Å². The number of hydrogen-bond donors (Lipinski definition) is 1. The second-order valence-electron chi connectivity index (χ2n) is 3.87. The van der Waals surface area contributed by atoms with Crippen LogP contribution in [0.3, 0.4) is 0 Å². The van der Waals surface area contributed by atoms with E-state index in [4.69, 9.17) is 10.2 Å². The highest BCUT2D eigenvalue weighted by atomic mass is 16.3. The van der Waals surface area contributed by atoms with Crippen LogP contribution in [0.4, 0.5) is 0 Å². The summed E-state index contributed by atoms with van der Waals surface area (Å²) in [5, 5.41) is 0. The Hall–Kier alpha value is -1.09. The monoisotopic (exact) mass is 193 g/mol. The van der Waals surface area contributed by atoms with E-state index in [9.17, 15) is 4.79 Å². The van der Waals surface area contributed by atoms with Gasteiger partial charge >= 0.3 is 0 Å². The van der Waals surface area contributed by atoms with Gasteiger partial charge in [-0.15, -0.1) is 0 Å². The van der Waals surface area contributed by atoms with Gasteiger partial charge in [0, 0.05) is 5.92 Å². The molecule has 0 spiro atoms. The highest BCUT2D eigenvalue weighted by Crippen LogP contribution is 2.33. The van der Waals surface area contributed by atoms with Gasteiger partial charge in [-0.25, -0.2) is 0 Å². The van der Waals surface area contributed by atoms with Crippen LogP contribution < -0.4 is 5.73 Å². The molecule has 1 fully saturated rings. The molecule has 0 amide bonds. The lowest BCUT2D eigenvalue weighted by Crippen LogP contribution is -2.24. The van der Waals surface area contributed by atoms with Gasteiger partial charge in [-0.3, -0.25) is 4.79 Å². The van der Waals surface area contributed by atoms with E-state index in [0.29, 0.717) is 18.2 Å². The Balaban J connectivity index is 2.11. The summed E-state index contributed by atoms with van der Waals surface area (Å²) in [6, 6.07) is 3.48. The van der Waals surface area contributed by atoms with Gasteiger partial charge in [-0.05, 0) is 37.4 Å². The number of Topliss-reactive ketones (excluding diaryl/α,β-unsaturated/α-hetero) is 1. The number of rotatable bonds is 3. The normalized spacial score (nSPS) is 26.6. The minimum Gasteiger partial charge on any atom is -0.461 e. The number of nitrogens with two attached hydrogens (primary N) is 1. The summed E-state index contributed by atoms with van der Waals surface area (Å²) < 4.78 is 5.11. The molecule has 0 radical (unpaired) electrons. The number of ketones is 1. The highest BCUT2D eigenvalue weighted by molar-refractivity contribution is 5.95. The van der Waals surface area contributed by atoms with E-state index in [0.717, 1.165) is 19.3 Å². The Morgan fingerprint density at radius 3 is 3.07 bits per heavy atom. The summed E-state index contributed by atoms with van der Waals surface area (Å²) in [4.78, 5) is 11.9. The average Bonchev–Trinajstić information content (AvgIpc) is 2.87. The lowest BCUT2D eigenvalue weighted by molar-refractivity contribution is 0.0864. The molecule has 0 bridgehead atoms. The first-order valence-corrected chi connectivity index (χ1v) is 5.10. The van der Waals surface area contributed by atoms with Crippen molar-refractivity contribution in [2.75, 3.05) is 6.54 Å². The SMILES string of the molecule is NCC1CCCC1C(=O)c1ccco1. The Morgan fingerprint density at radius 1 is 1.57 bits per heavy atom. The molecule has 0 saturated heterocycles. The van der Waals surface area contributed by atoms with Crippen LogP contribution in [0.15, 0.2) is 22.8 Å². The second-order valence-corrected chi connectivity index (χ2v) is 3.87. The molecule has 0 aliphatic heterocycles. The number of hydrogen-bond acceptors (Lipinski definition) is 3. The van der Waals surface area contributed by atoms with Gasteiger partial charge in [-0.1, -0.05) is 6.42 Å². The van der Waals surface area contributed by atoms with Crippen molar-refractivity contribution in [1.29, 1.82) is 0 Å². The van der Waals surface area contributed by atoms with Crippen LogP contribution in [-0.4, -0.2) is 12.3 Å². The maximum Gasteiger partial charge on any atom is 0.201 e. The molecule has 1 heterocycles. The van der Waals surface area contributed by atoms with Gasteiger partial charge in [0.15, 0.2) is 5.76 Å². The van der Waals surface area contributed by atoms with Crippen LogP contribution in [0.2, 0.25) is 0 Å². The molecule has 3 nitrogen and oxygen atoms in total. The van der Waals surface area contributed by atoms with Gasteiger partial charge < -0.3 is 10.2 Å². The zero-order valence-electron chi connectivity index (χ0n) is 8.11. The van der Waals surface area contributed by atoms with E-state index in [-0.39, 0.29) is 11.7 Å². The minimum absolute atomic E-state index is 0.0890. The Kier molecular flexibility index (Phi) is 2.68. The van der Waals surface area contributed by atoms with Crippen molar-refractivity contribution in [2.45, 2.75) is 19.3 Å². The smallest absolute Gasteiger partial charge is 0.201 e. The van der Waals surface area contributed by atoms with Crippen molar-refractivity contribution in [3.63, 3.8) is 0 Å². The number of carbonyl (C=O) groups is 1. The third kappa shape index (κ3) is 1.60. The Labute approximate surface area is 83.3 Å². The highest BCUT2D eigenvalue weighted by Gasteiger charge is 2.33. The third-order valence-electron chi connectivity index (χ3n) is 3.06. The minimum atomic E-state index is 0.0890. The van der Waals surface area contributed by atoms with Gasteiger partial charge in [-0.2, -0.15) is 0 Å². The average molecular weight is 193 g/mol. The van der Waals surface area contributed by atoms with Crippen molar-refractivity contribution in [3.8, 4) is 0 Å². The van der Waals surface area contributed by atoms with Gasteiger partial charge in [0.1, 0.15) is 0 Å². The molecule has 76 valence electrons. The molecular formula is C11H15NO2. The molecule has 1 aromatic heterocycles. The van der Waals surface area contributed by atoms with E-state index < -0.39 is 0 Å². The van der Waals surface area contributed by atoms with Crippen molar-refractivity contribution >= 4 is 5.78 Å². The summed E-state index contributed by atoms with van der Waals surface area (Å²) in [5.41, 5.74) is 5.63. The fourth-order valence-corrected chi connectivity index (χ4v) is 2.27. The summed E-state index contributed by atoms with van der Waals surface area (Å²) >= 11 is 0. The van der Waals surface area contributed by atoms with Crippen LogP contribution in [0.1, 0.15) is 29.8 Å². The van der Waals surface area contributed by atoms with Crippen molar-refractivity contribution in [2.24, 2.45) is 17.6 Å². The van der Waals surface area contributed by atoms with Crippen LogP contribution in [0.25, 0.3) is 0 Å². The molecule has 2 N–H and O–H groups in total. The summed E-state index contributed by atoms with van der Waals surface area (Å²) in [6.07, 6.45) is 4.69. The van der Waals surface area contributed by atoms with Gasteiger partial charge in [0.25, 0.3) is 0 Å². The molecule has 1 aliphatic rings. The lowest BCUT2D eigenvalue weighted by Gasteiger charge is -2.14.